The summed E-state index contributed by atoms with van der Waals surface area (Å²) in [7, 11) is -0.169. The summed E-state index contributed by atoms with van der Waals surface area (Å²) in [5, 5.41) is 26.2. The van der Waals surface area contributed by atoms with Crippen LogP contribution in [0.1, 0.15) is 124 Å². The summed E-state index contributed by atoms with van der Waals surface area (Å²) in [5.74, 6) is 0.909. The first-order chi connectivity index (χ1) is 38.9. The second kappa shape index (κ2) is 23.0. The largest absolute Gasteiger partial charge is 0.629 e. The van der Waals surface area contributed by atoms with Gasteiger partial charge in [0.05, 0.1) is 50.1 Å². The Hall–Kier alpha value is -6.55. The molecule has 6 aromatic rings. The molecule has 2 aliphatic heterocycles. The molecule has 1 unspecified atom stereocenters. The molecule has 5 N–H and O–H groups in total. The van der Waals surface area contributed by atoms with Crippen LogP contribution in [0.2, 0.25) is 0 Å². The number of hydrogen-bond donors (Lipinski definition) is 5. The average Bonchev–Trinajstić information content (AvgIpc) is 4.20. The number of benzene rings is 3. The quantitative estimate of drug-likeness (QED) is 0.0479. The number of piperazine rings is 1. The van der Waals surface area contributed by atoms with Crippen LogP contribution in [0.4, 0.5) is 21.6 Å². The van der Waals surface area contributed by atoms with Crippen LogP contribution < -0.4 is 38.9 Å². The first-order valence-corrected chi connectivity index (χ1v) is 30.1. The molecule has 0 bridgehead atoms. The van der Waals surface area contributed by atoms with E-state index in [-0.39, 0.29) is 67.8 Å². The minimum atomic E-state index is -4.60. The number of amides is 1. The van der Waals surface area contributed by atoms with E-state index in [9.17, 15) is 27.9 Å². The Kier molecular flexibility index (Phi) is 16.0. The molecule has 3 aromatic heterocycles. The minimum absolute atomic E-state index is 0.00322. The lowest BCUT2D eigenvalue weighted by atomic mass is 9.59. The van der Waals surface area contributed by atoms with Gasteiger partial charge in [0.1, 0.15) is 22.1 Å². The monoisotopic (exact) mass is 1130 g/mol. The number of carbonyl (C=O) groups excluding carboxylic acids is 1. The number of methoxy groups -OCH3 is 2. The maximum absolute atomic E-state index is 15.0. The summed E-state index contributed by atoms with van der Waals surface area (Å²) in [6, 6.07) is 23.6. The topological polar surface area (TPSA) is 211 Å². The third-order valence-corrected chi connectivity index (χ3v) is 18.9. The van der Waals surface area contributed by atoms with Gasteiger partial charge in [0, 0.05) is 88.0 Å². The number of nitrogens with zero attached hydrogens (tertiary/aromatic N) is 5. The number of halogens is 1. The fourth-order valence-corrected chi connectivity index (χ4v) is 13.6. The summed E-state index contributed by atoms with van der Waals surface area (Å²) in [5.41, 5.74) is 4.40. The molecular weight excluding hydrogens is 1050 g/mol. The van der Waals surface area contributed by atoms with Crippen molar-refractivity contribution in [3.63, 3.8) is 0 Å². The molecule has 1 amide bonds. The smallest absolute Gasteiger partial charge is 0.268 e. The number of piperidine rings is 1. The average molecular weight is 1130 g/mol. The molecule has 18 nitrogen and oxygen atoms in total. The third-order valence-electron chi connectivity index (χ3n) is 17.6. The highest BCUT2D eigenvalue weighted by Gasteiger charge is 2.50. The van der Waals surface area contributed by atoms with E-state index in [1.165, 1.54) is 55.2 Å². The van der Waals surface area contributed by atoms with Gasteiger partial charge in [-0.1, -0.05) is 44.2 Å². The molecule has 5 aliphatic rings. The highest BCUT2D eigenvalue weighted by Crippen LogP contribution is 2.54. The summed E-state index contributed by atoms with van der Waals surface area (Å²) >= 11 is 0. The maximum atomic E-state index is 15.0. The predicted molar refractivity (Wildman–Crippen MR) is 308 cm³/mol. The van der Waals surface area contributed by atoms with Crippen LogP contribution >= 0.6 is 0 Å². The van der Waals surface area contributed by atoms with Crippen molar-refractivity contribution in [3.8, 4) is 28.9 Å². The Balaban J connectivity index is 0.794. The molecule has 0 radical (unpaired) electrons. The van der Waals surface area contributed by atoms with Gasteiger partial charge in [0.15, 0.2) is 28.8 Å². The van der Waals surface area contributed by atoms with Crippen molar-refractivity contribution < 1.29 is 46.7 Å². The number of H-pyrrole nitrogens is 1. The van der Waals surface area contributed by atoms with Gasteiger partial charge in [-0.25, -0.2) is 22.5 Å². The van der Waals surface area contributed by atoms with Crippen LogP contribution in [-0.4, -0.2) is 122 Å². The van der Waals surface area contributed by atoms with Gasteiger partial charge in [0.25, 0.3) is 21.8 Å². The predicted octanol–water partition coefficient (Wildman–Crippen LogP) is 9.00. The number of sulfonamides is 1. The Morgan fingerprint density at radius 3 is 2.41 bits per heavy atom. The molecule has 11 rings (SSSR count). The zero-order chi connectivity index (χ0) is 56.8. The molecule has 432 valence electrons. The maximum Gasteiger partial charge on any atom is 0.268 e. The number of aliphatic hydroxyl groups is 1. The second-order valence-electron chi connectivity index (χ2n) is 23.8. The van der Waals surface area contributed by atoms with Gasteiger partial charge in [-0.15, -0.1) is 0 Å². The SMILES string of the molecule is COc1cc(CN2CCN(C3CC4(CCN(c5ccc(C(=O)NS(=O)(=O)c6cnc(NCC7CCC(C)(O)CC7)c([NH+](C)[O-])c6)c(Oc6cc7c(F)c[nH]c7nc6OC)c5)CC4)C3)[C@H](c3ccccc3C(C)C)C2)ccc1OC1CC1. The van der Waals surface area contributed by atoms with Crippen LogP contribution in [0.5, 0.6) is 28.9 Å². The van der Waals surface area contributed by atoms with E-state index in [0.29, 0.717) is 37.5 Å². The molecule has 20 heteroatoms. The van der Waals surface area contributed by atoms with Crippen molar-refractivity contribution in [2.75, 3.05) is 70.8 Å². The summed E-state index contributed by atoms with van der Waals surface area (Å²) < 4.78 is 69.1. The fraction of sp³-hybridized carbons (Fsp3) is 0.492. The Bertz CT molecular complexity index is 3360. The van der Waals surface area contributed by atoms with E-state index in [4.69, 9.17) is 18.9 Å². The van der Waals surface area contributed by atoms with Crippen LogP contribution in [0.3, 0.4) is 0 Å². The number of ether oxygens (including phenoxy) is 4. The Morgan fingerprint density at radius 2 is 1.69 bits per heavy atom. The lowest BCUT2D eigenvalue weighted by Crippen LogP contribution is -2.98. The summed E-state index contributed by atoms with van der Waals surface area (Å²) in [4.78, 5) is 33.1. The molecule has 3 aliphatic carbocycles. The Morgan fingerprint density at radius 1 is 0.926 bits per heavy atom. The number of aromatic nitrogens is 3. The van der Waals surface area contributed by atoms with Crippen molar-refractivity contribution in [1.29, 1.82) is 0 Å². The summed E-state index contributed by atoms with van der Waals surface area (Å²) in [6.07, 6.45) is 11.8. The highest BCUT2D eigenvalue weighted by molar-refractivity contribution is 7.90. The second-order valence-corrected chi connectivity index (χ2v) is 25.5. The van der Waals surface area contributed by atoms with Crippen LogP contribution in [0.25, 0.3) is 11.0 Å². The molecule has 2 atom stereocenters. The molecule has 3 aromatic carbocycles. The fourth-order valence-electron chi connectivity index (χ4n) is 12.7. The van der Waals surface area contributed by atoms with Crippen molar-refractivity contribution in [3.05, 3.63) is 118 Å². The van der Waals surface area contributed by atoms with Gasteiger partial charge < -0.3 is 49.5 Å². The Labute approximate surface area is 473 Å². The lowest BCUT2D eigenvalue weighted by molar-refractivity contribution is -0.751. The number of nitrogens with one attached hydrogen (secondary N) is 4. The normalized spacial score (nSPS) is 22.1. The van der Waals surface area contributed by atoms with E-state index in [0.717, 1.165) is 114 Å². The van der Waals surface area contributed by atoms with Crippen molar-refractivity contribution in [2.24, 2.45) is 11.3 Å². The third kappa shape index (κ3) is 12.3. The van der Waals surface area contributed by atoms with E-state index in [2.05, 4.69) is 96.0 Å². The first-order valence-electron chi connectivity index (χ1n) is 28.6. The number of hydrogen-bond acceptors (Lipinski definition) is 15. The molecule has 3 saturated carbocycles. The molecular formula is C61H76FN9O9S. The van der Waals surface area contributed by atoms with Crippen molar-refractivity contribution in [2.45, 2.75) is 126 Å². The zero-order valence-corrected chi connectivity index (χ0v) is 48.0. The standard InChI is InChI=1S/C61H76FN9O9S/c1-38(2)45-9-7-8-10-46(45)51-37-69(36-40-11-16-52(54(27-40)77-5)79-43-13-14-43)25-26-71(51)42-31-61(32-42)21-23-70(24-22-61)41-12-15-47(53(28-41)80-55-30-48-49(62)35-65-56(48)66-59(55)78-6)58(72)67-81(75,76)44-29-50(68(4)74)57(64-34-44)63-33-39-17-19-60(3,73)20-18-39/h7-12,15-16,27-30,34-35,38-39,42-43,51,68,73H,13-14,17-26,31-33,36-37H2,1-6H3,(H,63,64)(H,65,66)(H,67,72)/t39?,51-,60?/m0/s1. The van der Waals surface area contributed by atoms with Gasteiger partial charge in [-0.2, -0.15) is 4.98 Å². The van der Waals surface area contributed by atoms with E-state index in [1.54, 1.807) is 19.2 Å². The number of aromatic amines is 1. The van der Waals surface area contributed by atoms with Crippen LogP contribution in [-0.2, 0) is 16.6 Å². The molecule has 81 heavy (non-hydrogen) atoms. The number of carbonyl (C=O) groups is 1. The minimum Gasteiger partial charge on any atom is -0.629 e. The summed E-state index contributed by atoms with van der Waals surface area (Å²) in [6.45, 7) is 12.0. The molecule has 2 saturated heterocycles. The van der Waals surface area contributed by atoms with Crippen LogP contribution in [0, 0.1) is 22.4 Å². The van der Waals surface area contributed by atoms with E-state index >= 15 is 0 Å². The number of anilines is 2. The van der Waals surface area contributed by atoms with E-state index in [1.807, 2.05) is 6.92 Å². The molecule has 5 fully saturated rings. The van der Waals surface area contributed by atoms with Crippen molar-refractivity contribution in [1.82, 2.24) is 29.5 Å². The van der Waals surface area contributed by atoms with Gasteiger partial charge in [-0.05, 0) is 129 Å². The molecule has 5 heterocycles. The number of hydroxylamine groups is 1. The number of pyridine rings is 2. The van der Waals surface area contributed by atoms with Gasteiger partial charge in [0.2, 0.25) is 0 Å². The van der Waals surface area contributed by atoms with Gasteiger partial charge >= 0.3 is 0 Å². The highest BCUT2D eigenvalue weighted by atomic mass is 32.2. The number of quaternary nitrogens is 1. The van der Waals surface area contributed by atoms with Crippen molar-refractivity contribution >= 4 is 44.2 Å². The van der Waals surface area contributed by atoms with Crippen LogP contribution in [0.15, 0.2) is 90.1 Å². The zero-order valence-electron chi connectivity index (χ0n) is 47.2. The van der Waals surface area contributed by atoms with Gasteiger partial charge in [-0.3, -0.25) is 14.6 Å². The first kappa shape index (κ1) is 56.3. The lowest BCUT2D eigenvalue weighted by Gasteiger charge is -2.58. The molecule has 1 spiro atoms. The number of fused-ring (bicyclic) bond motifs is 1. The number of rotatable bonds is 19. The van der Waals surface area contributed by atoms with E-state index < -0.39 is 32.4 Å².